The van der Waals surface area contributed by atoms with Crippen LogP contribution < -0.4 is 31.7 Å². The Morgan fingerprint density at radius 2 is 1.57 bits per heavy atom. The Morgan fingerprint density at radius 1 is 0.915 bits per heavy atom. The number of hydrogen-bond acceptors (Lipinski definition) is 11. The summed E-state index contributed by atoms with van der Waals surface area (Å²) in [4.78, 5) is 83.3. The van der Waals surface area contributed by atoms with Crippen molar-refractivity contribution in [2.75, 3.05) is 19.0 Å². The first-order chi connectivity index (χ1) is 22.3. The zero-order valence-electron chi connectivity index (χ0n) is 26.1. The molecule has 2 aromatic rings. The van der Waals surface area contributed by atoms with Gasteiger partial charge in [-0.25, -0.2) is 9.59 Å². The third-order valence-electron chi connectivity index (χ3n) is 6.48. The fraction of sp³-hybridized carbons (Fsp3) is 0.400. The number of ether oxygens (including phenoxy) is 3. The summed E-state index contributed by atoms with van der Waals surface area (Å²) in [6.45, 7) is 3.39. The van der Waals surface area contributed by atoms with Crippen LogP contribution in [0, 0.1) is 16.0 Å². The van der Waals surface area contributed by atoms with E-state index in [0.717, 1.165) is 0 Å². The average Bonchev–Trinajstić information content (AvgIpc) is 3.03. The maximum absolute atomic E-state index is 13.2. The number of anilines is 1. The molecular formula is C30H38N6O11. The lowest BCUT2D eigenvalue weighted by atomic mass is 10.0. The number of rotatable bonds is 17. The van der Waals surface area contributed by atoms with Crippen LogP contribution >= 0.6 is 0 Å². The highest BCUT2D eigenvalue weighted by atomic mass is 16.7. The van der Waals surface area contributed by atoms with Gasteiger partial charge in [0, 0.05) is 30.8 Å². The molecule has 17 heteroatoms. The first kappa shape index (κ1) is 37.4. The fourth-order valence-corrected chi connectivity index (χ4v) is 3.96. The third-order valence-corrected chi connectivity index (χ3v) is 6.48. The van der Waals surface area contributed by atoms with Gasteiger partial charge < -0.3 is 41.2 Å². The number of carbonyl (C=O) groups is 6. The SMILES string of the molecule is COC(=O)CCC(=O)NC(C(=O)N[C@@H](CCCNC(N)=O)C(=O)Nc1ccc(COC(=O)Oc2ccc([N+](=O)[O-])cc2)cc1)C(C)C. The van der Waals surface area contributed by atoms with Crippen molar-refractivity contribution in [3.05, 3.63) is 64.2 Å². The summed E-state index contributed by atoms with van der Waals surface area (Å²) in [5.74, 6) is -2.62. The van der Waals surface area contributed by atoms with Crippen molar-refractivity contribution in [2.24, 2.45) is 11.7 Å². The van der Waals surface area contributed by atoms with E-state index < -0.39 is 52.9 Å². The third kappa shape index (κ3) is 13.8. The molecule has 0 spiro atoms. The molecule has 0 aliphatic rings. The minimum absolute atomic E-state index is 0.0615. The fourth-order valence-electron chi connectivity index (χ4n) is 3.96. The number of methoxy groups -OCH3 is 1. The summed E-state index contributed by atoms with van der Waals surface area (Å²) in [6.07, 6.45) is -0.981. The topological polar surface area (TPSA) is 247 Å². The molecule has 0 saturated heterocycles. The summed E-state index contributed by atoms with van der Waals surface area (Å²) in [5, 5.41) is 21.1. The molecule has 0 aliphatic heterocycles. The molecule has 254 valence electrons. The van der Waals surface area contributed by atoms with E-state index in [1.165, 1.54) is 31.4 Å². The van der Waals surface area contributed by atoms with Crippen LogP contribution in [0.4, 0.5) is 21.0 Å². The number of non-ortho nitro benzene ring substituents is 1. The molecule has 0 aromatic heterocycles. The monoisotopic (exact) mass is 658 g/mol. The predicted octanol–water partition coefficient (Wildman–Crippen LogP) is 2.28. The lowest BCUT2D eigenvalue weighted by Gasteiger charge is -2.25. The normalized spacial score (nSPS) is 11.7. The van der Waals surface area contributed by atoms with Crippen LogP contribution in [0.2, 0.25) is 0 Å². The number of nitrogens with two attached hydrogens (primary N) is 1. The lowest BCUT2D eigenvalue weighted by Crippen LogP contribution is -2.54. The van der Waals surface area contributed by atoms with E-state index in [4.69, 9.17) is 15.2 Å². The highest BCUT2D eigenvalue weighted by Crippen LogP contribution is 2.18. The number of nitro groups is 1. The quantitative estimate of drug-likeness (QED) is 0.0542. The lowest BCUT2D eigenvalue weighted by molar-refractivity contribution is -0.384. The van der Waals surface area contributed by atoms with E-state index in [-0.39, 0.29) is 56.2 Å². The molecule has 0 aliphatic carbocycles. The van der Waals surface area contributed by atoms with Crippen molar-refractivity contribution in [1.29, 1.82) is 0 Å². The second-order valence-electron chi connectivity index (χ2n) is 10.4. The molecule has 0 saturated carbocycles. The second-order valence-corrected chi connectivity index (χ2v) is 10.4. The average molecular weight is 659 g/mol. The number of amides is 5. The zero-order chi connectivity index (χ0) is 34.9. The molecule has 0 fully saturated rings. The Morgan fingerprint density at radius 3 is 2.15 bits per heavy atom. The Kier molecular flexibility index (Phi) is 15.1. The maximum Gasteiger partial charge on any atom is 0.514 e. The van der Waals surface area contributed by atoms with E-state index in [0.29, 0.717) is 11.3 Å². The van der Waals surface area contributed by atoms with Gasteiger partial charge in [0.1, 0.15) is 24.4 Å². The number of primary amides is 1. The smallest absolute Gasteiger partial charge is 0.469 e. The molecule has 2 rings (SSSR count). The van der Waals surface area contributed by atoms with Gasteiger partial charge in [-0.2, -0.15) is 0 Å². The van der Waals surface area contributed by atoms with Gasteiger partial charge in [0.15, 0.2) is 0 Å². The number of carbonyl (C=O) groups excluding carboxylic acids is 6. The summed E-state index contributed by atoms with van der Waals surface area (Å²) in [7, 11) is 1.20. The zero-order valence-corrected chi connectivity index (χ0v) is 26.1. The molecule has 5 amide bonds. The Hall–Kier alpha value is -5.74. The van der Waals surface area contributed by atoms with Gasteiger partial charge in [-0.3, -0.25) is 29.3 Å². The summed E-state index contributed by atoms with van der Waals surface area (Å²) in [5.41, 5.74) is 5.85. The van der Waals surface area contributed by atoms with Crippen LogP contribution in [-0.2, 0) is 35.3 Å². The van der Waals surface area contributed by atoms with Crippen LogP contribution in [-0.4, -0.2) is 66.5 Å². The Labute approximate surface area is 270 Å². The minimum Gasteiger partial charge on any atom is -0.469 e. The molecule has 2 aromatic carbocycles. The van der Waals surface area contributed by atoms with E-state index in [2.05, 4.69) is 26.0 Å². The molecule has 47 heavy (non-hydrogen) atoms. The van der Waals surface area contributed by atoms with Crippen LogP contribution in [0.5, 0.6) is 5.75 Å². The number of hydrogen-bond donors (Lipinski definition) is 5. The molecule has 2 atom stereocenters. The van der Waals surface area contributed by atoms with E-state index in [1.54, 1.807) is 38.1 Å². The highest BCUT2D eigenvalue weighted by molar-refractivity contribution is 5.98. The van der Waals surface area contributed by atoms with Crippen LogP contribution in [0.15, 0.2) is 48.5 Å². The van der Waals surface area contributed by atoms with Crippen LogP contribution in [0.1, 0.15) is 45.1 Å². The van der Waals surface area contributed by atoms with Crippen molar-refractivity contribution in [1.82, 2.24) is 16.0 Å². The number of esters is 1. The van der Waals surface area contributed by atoms with Crippen molar-refractivity contribution >= 4 is 47.3 Å². The van der Waals surface area contributed by atoms with Gasteiger partial charge in [-0.15, -0.1) is 0 Å². The molecule has 0 bridgehead atoms. The predicted molar refractivity (Wildman–Crippen MR) is 166 cm³/mol. The van der Waals surface area contributed by atoms with Crippen LogP contribution in [0.3, 0.4) is 0 Å². The first-order valence-corrected chi connectivity index (χ1v) is 14.5. The number of urea groups is 1. The Balaban J connectivity index is 2.00. The first-order valence-electron chi connectivity index (χ1n) is 14.5. The number of nitrogens with one attached hydrogen (secondary N) is 4. The number of nitro benzene ring substituents is 1. The largest absolute Gasteiger partial charge is 0.514 e. The van der Waals surface area contributed by atoms with Crippen molar-refractivity contribution < 1.29 is 47.9 Å². The van der Waals surface area contributed by atoms with Crippen molar-refractivity contribution in [3.63, 3.8) is 0 Å². The second kappa shape index (κ2) is 18.9. The van der Waals surface area contributed by atoms with Crippen LogP contribution in [0.25, 0.3) is 0 Å². The van der Waals surface area contributed by atoms with Gasteiger partial charge in [0.25, 0.3) is 5.69 Å². The van der Waals surface area contributed by atoms with Gasteiger partial charge in [-0.05, 0) is 48.6 Å². The summed E-state index contributed by atoms with van der Waals surface area (Å²) >= 11 is 0. The minimum atomic E-state index is -1.07. The van der Waals surface area contributed by atoms with E-state index in [9.17, 15) is 38.9 Å². The highest BCUT2D eigenvalue weighted by Gasteiger charge is 2.29. The number of nitrogens with zero attached hydrogens (tertiary/aromatic N) is 1. The summed E-state index contributed by atoms with van der Waals surface area (Å²) < 4.78 is 14.6. The van der Waals surface area contributed by atoms with Gasteiger partial charge in [-0.1, -0.05) is 26.0 Å². The molecule has 1 unspecified atom stereocenters. The standard InChI is InChI=1S/C30H38N6O11/c1-18(2)26(35-24(37)14-15-25(38)45-3)28(40)34-23(5-4-16-32-29(31)41)27(39)33-20-8-6-19(7-9-20)17-46-30(42)47-22-12-10-21(11-13-22)36(43)44/h6-13,18,23,26H,4-5,14-17H2,1-3H3,(H,33,39)(H,34,40)(H,35,37)(H3,31,32,41)/t23-,26?/m0/s1. The maximum atomic E-state index is 13.2. The molecule has 0 radical (unpaired) electrons. The van der Waals surface area contributed by atoms with Gasteiger partial charge in [0.2, 0.25) is 17.7 Å². The molecule has 17 nitrogen and oxygen atoms in total. The molecule has 6 N–H and O–H groups in total. The van der Waals surface area contributed by atoms with E-state index in [1.807, 2.05) is 0 Å². The van der Waals surface area contributed by atoms with Gasteiger partial charge >= 0.3 is 18.2 Å². The molecule has 0 heterocycles. The molecular weight excluding hydrogens is 620 g/mol. The number of benzene rings is 2. The summed E-state index contributed by atoms with van der Waals surface area (Å²) in [6, 6.07) is 8.31. The van der Waals surface area contributed by atoms with E-state index >= 15 is 0 Å². The van der Waals surface area contributed by atoms with Gasteiger partial charge in [0.05, 0.1) is 18.5 Å². The Bertz CT molecular complexity index is 1410. The van der Waals surface area contributed by atoms with Crippen molar-refractivity contribution in [3.8, 4) is 5.75 Å². The van der Waals surface area contributed by atoms with Crippen molar-refractivity contribution in [2.45, 2.75) is 58.2 Å².